The van der Waals surface area contributed by atoms with Gasteiger partial charge in [-0.1, -0.05) is 0 Å². The number of hydrogen-bond donors (Lipinski definition) is 1. The quantitative estimate of drug-likeness (QED) is 0.898. The van der Waals surface area contributed by atoms with Crippen LogP contribution in [0.4, 0.5) is 4.39 Å². The molecular formula is C12H12FNO5S. The third kappa shape index (κ3) is 1.87. The van der Waals surface area contributed by atoms with Gasteiger partial charge in [0.15, 0.2) is 4.75 Å². The smallest absolute Gasteiger partial charge is 0.335 e. The molecule has 0 aromatic heterocycles. The van der Waals surface area contributed by atoms with Gasteiger partial charge in [0, 0.05) is 5.56 Å². The first-order valence-corrected chi connectivity index (χ1v) is 7.11. The fraction of sp³-hybridized carbons (Fsp3) is 0.333. The summed E-state index contributed by atoms with van der Waals surface area (Å²) in [5.74, 6) is -2.66. The van der Waals surface area contributed by atoms with E-state index in [1.807, 2.05) is 0 Å². The Kier molecular flexibility index (Phi) is 3.09. The van der Waals surface area contributed by atoms with E-state index in [0.717, 1.165) is 18.2 Å². The Balaban J connectivity index is 2.35. The van der Waals surface area contributed by atoms with Crippen molar-refractivity contribution in [3.05, 3.63) is 35.1 Å². The van der Waals surface area contributed by atoms with Crippen molar-refractivity contribution in [3.8, 4) is 0 Å². The summed E-state index contributed by atoms with van der Waals surface area (Å²) in [6.45, 7) is 2.04. The summed E-state index contributed by atoms with van der Waals surface area (Å²) in [6.07, 6.45) is 0. The summed E-state index contributed by atoms with van der Waals surface area (Å²) < 4.78 is 36.4. The minimum atomic E-state index is -3.83. The van der Waals surface area contributed by atoms with Crippen LogP contribution in [0.2, 0.25) is 0 Å². The van der Waals surface area contributed by atoms with Crippen molar-refractivity contribution >= 4 is 21.9 Å². The average Bonchev–Trinajstić information content (AvgIpc) is 2.36. The van der Waals surface area contributed by atoms with Crippen LogP contribution in [0.5, 0.6) is 0 Å². The molecule has 6 nitrogen and oxygen atoms in total. The highest BCUT2D eigenvalue weighted by Gasteiger charge is 2.60. The van der Waals surface area contributed by atoms with Gasteiger partial charge in [-0.05, 0) is 32.0 Å². The fourth-order valence-electron chi connectivity index (χ4n) is 1.90. The van der Waals surface area contributed by atoms with E-state index in [-0.39, 0.29) is 11.1 Å². The van der Waals surface area contributed by atoms with E-state index in [0.29, 0.717) is 4.31 Å². The van der Waals surface area contributed by atoms with E-state index >= 15 is 0 Å². The summed E-state index contributed by atoms with van der Waals surface area (Å²) >= 11 is 0. The topological polar surface area (TPSA) is 91.8 Å². The molecule has 0 saturated carbocycles. The first-order chi connectivity index (χ1) is 9.09. The highest BCUT2D eigenvalue weighted by molar-refractivity contribution is 7.94. The first kappa shape index (κ1) is 14.4. The standard InChI is InChI=1S/C12H12FNO5S/c1-12(2)11(17)14(20(12,18)19)6-8-5-7(10(15)16)3-4-9(8)13/h3-5H,6H2,1-2H3,(H,15,16). The van der Waals surface area contributed by atoms with Gasteiger partial charge >= 0.3 is 5.97 Å². The van der Waals surface area contributed by atoms with Crippen molar-refractivity contribution in [3.63, 3.8) is 0 Å². The van der Waals surface area contributed by atoms with E-state index < -0.39 is 39.0 Å². The van der Waals surface area contributed by atoms with Gasteiger partial charge in [-0.25, -0.2) is 21.9 Å². The molecule has 1 amide bonds. The summed E-state index contributed by atoms with van der Waals surface area (Å²) in [6, 6.07) is 3.02. The number of halogens is 1. The van der Waals surface area contributed by atoms with Crippen molar-refractivity contribution in [2.45, 2.75) is 25.1 Å². The van der Waals surface area contributed by atoms with E-state index in [4.69, 9.17) is 5.11 Å². The minimum Gasteiger partial charge on any atom is -0.478 e. The van der Waals surface area contributed by atoms with Crippen molar-refractivity contribution in [2.24, 2.45) is 0 Å². The van der Waals surface area contributed by atoms with Crippen molar-refractivity contribution in [1.82, 2.24) is 4.31 Å². The summed E-state index contributed by atoms with van der Waals surface area (Å²) in [4.78, 5) is 22.5. The van der Waals surface area contributed by atoms with Gasteiger partial charge < -0.3 is 5.11 Å². The Morgan fingerprint density at radius 2 is 2.00 bits per heavy atom. The molecule has 8 heteroatoms. The fourth-order valence-corrected chi connectivity index (χ4v) is 3.40. The number of amides is 1. The Hall–Kier alpha value is -1.96. The van der Waals surface area contributed by atoms with Crippen molar-refractivity contribution in [1.29, 1.82) is 0 Å². The molecule has 0 spiro atoms. The second-order valence-electron chi connectivity index (χ2n) is 4.94. The van der Waals surface area contributed by atoms with Gasteiger partial charge in [0.1, 0.15) is 5.82 Å². The van der Waals surface area contributed by atoms with Crippen molar-refractivity contribution < 1.29 is 27.5 Å². The first-order valence-electron chi connectivity index (χ1n) is 5.67. The molecule has 1 heterocycles. The molecule has 1 aliphatic heterocycles. The van der Waals surface area contributed by atoms with Crippen LogP contribution in [0.25, 0.3) is 0 Å². The van der Waals surface area contributed by atoms with Crippen LogP contribution >= 0.6 is 0 Å². The number of nitrogens with zero attached hydrogens (tertiary/aromatic N) is 1. The monoisotopic (exact) mass is 301 g/mol. The lowest BCUT2D eigenvalue weighted by molar-refractivity contribution is -0.132. The lowest BCUT2D eigenvalue weighted by Crippen LogP contribution is -2.66. The minimum absolute atomic E-state index is 0.155. The van der Waals surface area contributed by atoms with Crippen LogP contribution in [0.15, 0.2) is 18.2 Å². The maximum Gasteiger partial charge on any atom is 0.335 e. The second-order valence-corrected chi connectivity index (χ2v) is 7.35. The molecule has 1 aromatic rings. The second kappa shape index (κ2) is 4.27. The molecular weight excluding hydrogens is 289 g/mol. The third-order valence-corrected chi connectivity index (χ3v) is 5.62. The van der Waals surface area contributed by atoms with Crippen LogP contribution in [-0.2, 0) is 21.4 Å². The number of carboxylic acid groups (broad SMARTS) is 1. The molecule has 0 unspecified atom stereocenters. The Bertz CT molecular complexity index is 711. The van der Waals surface area contributed by atoms with Gasteiger partial charge in [0.05, 0.1) is 12.1 Å². The zero-order valence-electron chi connectivity index (χ0n) is 10.8. The molecule has 0 aliphatic carbocycles. The van der Waals surface area contributed by atoms with Crippen LogP contribution < -0.4 is 0 Å². The van der Waals surface area contributed by atoms with Crippen LogP contribution in [0.1, 0.15) is 29.8 Å². The molecule has 0 radical (unpaired) electrons. The highest BCUT2D eigenvalue weighted by atomic mass is 32.2. The number of carbonyl (C=O) groups is 2. The molecule has 0 bridgehead atoms. The largest absolute Gasteiger partial charge is 0.478 e. The summed E-state index contributed by atoms with van der Waals surface area (Å²) in [7, 11) is -3.83. The van der Waals surface area contributed by atoms with Crippen LogP contribution in [0, 0.1) is 5.82 Å². The number of aromatic carboxylic acids is 1. The molecule has 108 valence electrons. The zero-order chi connectivity index (χ0) is 15.3. The van der Waals surface area contributed by atoms with Gasteiger partial charge in [0.25, 0.3) is 15.9 Å². The third-order valence-electron chi connectivity index (χ3n) is 3.28. The SMILES string of the molecule is CC1(C)C(=O)N(Cc2cc(C(=O)O)ccc2F)S1(=O)=O. The number of carboxylic acids is 1. The molecule has 1 aromatic carbocycles. The number of rotatable bonds is 3. The molecule has 1 aliphatic rings. The van der Waals surface area contributed by atoms with Gasteiger partial charge in [-0.3, -0.25) is 4.79 Å². The van der Waals surface area contributed by atoms with Gasteiger partial charge in [-0.15, -0.1) is 0 Å². The molecule has 1 saturated heterocycles. The molecule has 2 rings (SSSR count). The Morgan fingerprint density at radius 1 is 1.40 bits per heavy atom. The average molecular weight is 301 g/mol. The predicted molar refractivity (Wildman–Crippen MR) is 66.9 cm³/mol. The molecule has 0 atom stereocenters. The normalized spacial score (nSPS) is 19.6. The van der Waals surface area contributed by atoms with Crippen molar-refractivity contribution in [2.75, 3.05) is 0 Å². The van der Waals surface area contributed by atoms with Crippen LogP contribution in [-0.4, -0.2) is 34.5 Å². The number of carbonyl (C=O) groups excluding carboxylic acids is 1. The van der Waals surface area contributed by atoms with E-state index in [1.54, 1.807) is 0 Å². The summed E-state index contributed by atoms with van der Waals surface area (Å²) in [5, 5.41) is 8.82. The van der Waals surface area contributed by atoms with Gasteiger partial charge in [0.2, 0.25) is 0 Å². The lowest BCUT2D eigenvalue weighted by Gasteiger charge is -2.43. The molecule has 1 N–H and O–H groups in total. The predicted octanol–water partition coefficient (Wildman–Crippen LogP) is 0.975. The maximum atomic E-state index is 13.6. The lowest BCUT2D eigenvalue weighted by atomic mass is 10.1. The molecule has 20 heavy (non-hydrogen) atoms. The van der Waals surface area contributed by atoms with Crippen LogP contribution in [0.3, 0.4) is 0 Å². The Morgan fingerprint density at radius 3 is 2.50 bits per heavy atom. The maximum absolute atomic E-state index is 13.6. The van der Waals surface area contributed by atoms with Gasteiger partial charge in [-0.2, -0.15) is 0 Å². The zero-order valence-corrected chi connectivity index (χ0v) is 11.6. The number of sulfonamides is 1. The highest BCUT2D eigenvalue weighted by Crippen LogP contribution is 2.36. The Labute approximate surface area is 114 Å². The number of benzene rings is 1. The van der Waals surface area contributed by atoms with E-state index in [1.165, 1.54) is 13.8 Å². The van der Waals surface area contributed by atoms with E-state index in [2.05, 4.69) is 0 Å². The van der Waals surface area contributed by atoms with E-state index in [9.17, 15) is 22.4 Å². The summed E-state index contributed by atoms with van der Waals surface area (Å²) in [5.41, 5.74) is -0.330. The number of hydrogen-bond acceptors (Lipinski definition) is 4. The molecule has 1 fully saturated rings.